The van der Waals surface area contributed by atoms with Crippen molar-refractivity contribution in [1.82, 2.24) is 9.99 Å². The van der Waals surface area contributed by atoms with Gasteiger partial charge < -0.3 is 14.0 Å². The first-order chi connectivity index (χ1) is 19.2. The number of hydrazone groups is 1. The van der Waals surface area contributed by atoms with Crippen LogP contribution in [-0.4, -0.2) is 23.8 Å². The molecule has 0 aliphatic rings. The molecular weight excluding hydrogens is 802 g/mol. The third-order valence-electron chi connectivity index (χ3n) is 6.13. The summed E-state index contributed by atoms with van der Waals surface area (Å²) < 4.78 is 14.9. The third-order valence-corrected chi connectivity index (χ3v) is 8.78. The SMILES string of the molecule is COCc1c(Br)c(C)n(CC(=O)N/N=C\c2cc(I)c(OCc3cccc4ccccc34)c(I)c2)c(=O)c1C#N. The maximum absolute atomic E-state index is 12.8. The molecule has 0 spiro atoms. The Kier molecular flexibility index (Phi) is 10.3. The van der Waals surface area contributed by atoms with Gasteiger partial charge in [0.05, 0.1) is 20.0 Å². The molecule has 1 N–H and O–H groups in total. The van der Waals surface area contributed by atoms with E-state index in [-0.39, 0.29) is 18.7 Å². The van der Waals surface area contributed by atoms with E-state index in [1.165, 1.54) is 23.3 Å². The number of nitriles is 1. The van der Waals surface area contributed by atoms with Crippen LogP contribution < -0.4 is 15.7 Å². The molecule has 11 heteroatoms. The number of hydrogen-bond acceptors (Lipinski definition) is 6. The van der Waals surface area contributed by atoms with E-state index in [1.54, 1.807) is 6.92 Å². The molecule has 0 saturated carbocycles. The zero-order valence-corrected chi connectivity index (χ0v) is 27.4. The highest BCUT2D eigenvalue weighted by molar-refractivity contribution is 14.1. The van der Waals surface area contributed by atoms with Crippen LogP contribution in [0.25, 0.3) is 10.8 Å². The highest BCUT2D eigenvalue weighted by atomic mass is 127. The lowest BCUT2D eigenvalue weighted by Crippen LogP contribution is -2.33. The highest BCUT2D eigenvalue weighted by Gasteiger charge is 2.19. The van der Waals surface area contributed by atoms with Crippen LogP contribution in [0, 0.1) is 25.4 Å². The molecule has 0 fully saturated rings. The Hall–Kier alpha value is -2.80. The minimum absolute atomic E-state index is 0.0671. The molecule has 0 atom stereocenters. The monoisotopic (exact) mass is 824 g/mol. The van der Waals surface area contributed by atoms with Gasteiger partial charge in [0.15, 0.2) is 0 Å². The highest BCUT2D eigenvalue weighted by Crippen LogP contribution is 2.30. The minimum atomic E-state index is -0.558. The van der Waals surface area contributed by atoms with Gasteiger partial charge in [0.1, 0.15) is 30.5 Å². The predicted octanol–water partition coefficient (Wildman–Crippen LogP) is 6.03. The van der Waals surface area contributed by atoms with Gasteiger partial charge in [0.2, 0.25) is 0 Å². The van der Waals surface area contributed by atoms with E-state index < -0.39 is 11.5 Å². The fourth-order valence-corrected chi connectivity index (χ4v) is 6.82. The zero-order valence-electron chi connectivity index (χ0n) is 21.5. The van der Waals surface area contributed by atoms with Crippen molar-refractivity contribution in [3.05, 3.63) is 105 Å². The molecule has 1 heterocycles. The van der Waals surface area contributed by atoms with Crippen LogP contribution in [0.5, 0.6) is 5.75 Å². The van der Waals surface area contributed by atoms with Gasteiger partial charge in [-0.1, -0.05) is 42.5 Å². The van der Waals surface area contributed by atoms with Gasteiger partial charge in [-0.3, -0.25) is 9.59 Å². The maximum Gasteiger partial charge on any atom is 0.269 e. The number of carbonyl (C=O) groups is 1. The summed E-state index contributed by atoms with van der Waals surface area (Å²) in [4.78, 5) is 25.4. The number of pyridine rings is 1. The van der Waals surface area contributed by atoms with Gasteiger partial charge in [-0.05, 0) is 102 Å². The summed E-state index contributed by atoms with van der Waals surface area (Å²) in [5, 5.41) is 15.9. The van der Waals surface area contributed by atoms with Crippen molar-refractivity contribution in [2.75, 3.05) is 7.11 Å². The third kappa shape index (κ3) is 6.73. The summed E-state index contributed by atoms with van der Waals surface area (Å²) in [6, 6.07) is 20.1. The Labute approximate surface area is 266 Å². The van der Waals surface area contributed by atoms with Crippen molar-refractivity contribution in [3.63, 3.8) is 0 Å². The van der Waals surface area contributed by atoms with Crippen LogP contribution in [0.1, 0.15) is 27.9 Å². The first-order valence-corrected chi connectivity index (χ1v) is 14.9. The zero-order chi connectivity index (χ0) is 28.8. The summed E-state index contributed by atoms with van der Waals surface area (Å²) in [5.74, 6) is 0.275. The van der Waals surface area contributed by atoms with Gasteiger partial charge in [-0.15, -0.1) is 0 Å². The maximum atomic E-state index is 12.8. The van der Waals surface area contributed by atoms with Gasteiger partial charge in [0.25, 0.3) is 11.5 Å². The summed E-state index contributed by atoms with van der Waals surface area (Å²) in [7, 11) is 1.48. The quantitative estimate of drug-likeness (QED) is 0.126. The molecule has 0 saturated heterocycles. The molecule has 8 nitrogen and oxygen atoms in total. The van der Waals surface area contributed by atoms with E-state index in [0.717, 1.165) is 29.4 Å². The summed E-state index contributed by atoms with van der Waals surface area (Å²) >= 11 is 7.86. The molecule has 0 unspecified atom stereocenters. The molecule has 1 amide bonds. The first-order valence-electron chi connectivity index (χ1n) is 12.0. The van der Waals surface area contributed by atoms with E-state index in [0.29, 0.717) is 22.3 Å². The number of fused-ring (bicyclic) bond motifs is 1. The van der Waals surface area contributed by atoms with Crippen LogP contribution in [0.15, 0.2) is 69.0 Å². The fourth-order valence-electron chi connectivity index (χ4n) is 4.17. The van der Waals surface area contributed by atoms with Crippen LogP contribution in [0.4, 0.5) is 0 Å². The van der Waals surface area contributed by atoms with Crippen LogP contribution in [0.3, 0.4) is 0 Å². The van der Waals surface area contributed by atoms with Gasteiger partial charge in [-0.2, -0.15) is 10.4 Å². The predicted molar refractivity (Wildman–Crippen MR) is 174 cm³/mol. The van der Waals surface area contributed by atoms with Crippen LogP contribution >= 0.6 is 61.1 Å². The van der Waals surface area contributed by atoms with Crippen molar-refractivity contribution in [2.24, 2.45) is 5.10 Å². The second kappa shape index (κ2) is 13.7. The Bertz CT molecular complexity index is 1700. The van der Waals surface area contributed by atoms with Crippen molar-refractivity contribution in [2.45, 2.75) is 26.7 Å². The van der Waals surface area contributed by atoms with E-state index in [4.69, 9.17) is 9.47 Å². The number of benzene rings is 3. The Morgan fingerprint density at radius 3 is 2.55 bits per heavy atom. The number of nitrogens with one attached hydrogen (secondary N) is 1. The van der Waals surface area contributed by atoms with Crippen molar-refractivity contribution in [1.29, 1.82) is 5.26 Å². The van der Waals surface area contributed by atoms with Crippen molar-refractivity contribution in [3.8, 4) is 11.8 Å². The molecule has 204 valence electrons. The number of amides is 1. The Morgan fingerprint density at radius 1 is 1.15 bits per heavy atom. The largest absolute Gasteiger partial charge is 0.487 e. The average molecular weight is 825 g/mol. The molecular formula is C29H23BrI2N4O4. The van der Waals surface area contributed by atoms with Crippen molar-refractivity contribution >= 4 is 84.0 Å². The molecule has 4 rings (SSSR count). The number of methoxy groups -OCH3 is 1. The number of hydrogen-bond donors (Lipinski definition) is 1. The number of ether oxygens (including phenoxy) is 2. The fraction of sp³-hybridized carbons (Fsp3) is 0.172. The van der Waals surface area contributed by atoms with Crippen LogP contribution in [-0.2, 0) is 29.3 Å². The second-order valence-corrected chi connectivity index (χ2v) is 11.8. The molecule has 0 aliphatic heterocycles. The minimum Gasteiger partial charge on any atom is -0.487 e. The van der Waals surface area contributed by atoms with E-state index in [2.05, 4.69) is 95.9 Å². The molecule has 0 bridgehead atoms. The van der Waals surface area contributed by atoms with Crippen LogP contribution in [0.2, 0.25) is 0 Å². The van der Waals surface area contributed by atoms with Gasteiger partial charge in [-0.25, -0.2) is 5.43 Å². The van der Waals surface area contributed by atoms with E-state index in [1.807, 2.05) is 36.4 Å². The number of aromatic nitrogens is 1. The normalized spacial score (nSPS) is 11.1. The van der Waals surface area contributed by atoms with E-state index in [9.17, 15) is 14.9 Å². The lowest BCUT2D eigenvalue weighted by atomic mass is 10.1. The molecule has 3 aromatic carbocycles. The first kappa shape index (κ1) is 30.2. The molecule has 0 radical (unpaired) electrons. The number of nitrogens with zero attached hydrogens (tertiary/aromatic N) is 3. The lowest BCUT2D eigenvalue weighted by Gasteiger charge is -2.15. The summed E-state index contributed by atoms with van der Waals surface area (Å²) in [5.41, 5.74) is 4.68. The van der Waals surface area contributed by atoms with Gasteiger partial charge >= 0.3 is 0 Å². The smallest absolute Gasteiger partial charge is 0.269 e. The lowest BCUT2D eigenvalue weighted by molar-refractivity contribution is -0.121. The number of rotatable bonds is 9. The number of halogens is 3. The summed E-state index contributed by atoms with van der Waals surface area (Å²) in [6.45, 7) is 1.93. The Balaban J connectivity index is 1.44. The standard InChI is InChI=1S/C29H23BrI2N4O4/c1-17-27(30)23(16-39-2)22(12-33)29(38)36(17)14-26(37)35-34-13-18-10-24(31)28(25(32)11-18)40-15-20-8-5-7-19-6-3-4-9-21(19)20/h3-11,13H,14-16H2,1-2H3,(H,35,37)/b34-13-. The van der Waals surface area contributed by atoms with E-state index >= 15 is 0 Å². The second-order valence-electron chi connectivity index (χ2n) is 8.72. The average Bonchev–Trinajstić information content (AvgIpc) is 2.94. The van der Waals surface area contributed by atoms with Gasteiger partial charge in [0, 0.05) is 22.8 Å². The summed E-state index contributed by atoms with van der Waals surface area (Å²) in [6.07, 6.45) is 1.53. The molecule has 4 aromatic rings. The molecule has 40 heavy (non-hydrogen) atoms. The Morgan fingerprint density at radius 2 is 1.85 bits per heavy atom. The topological polar surface area (TPSA) is 106 Å². The molecule has 0 aliphatic carbocycles. The number of carbonyl (C=O) groups excluding carboxylic acids is 1. The van der Waals surface area contributed by atoms with Crippen molar-refractivity contribution < 1.29 is 14.3 Å². The molecule has 1 aromatic heterocycles.